The van der Waals surface area contributed by atoms with Gasteiger partial charge in [-0.05, 0) is 41.0 Å². The Morgan fingerprint density at radius 3 is 2.46 bits per heavy atom. The lowest BCUT2D eigenvalue weighted by Gasteiger charge is -2.23. The number of carbonyl (C=O) groups excluding carboxylic acids is 1. The highest BCUT2D eigenvalue weighted by molar-refractivity contribution is 7.99. The third kappa shape index (κ3) is 3.94. The van der Waals surface area contributed by atoms with Gasteiger partial charge in [-0.2, -0.15) is 0 Å². The lowest BCUT2D eigenvalue weighted by molar-refractivity contribution is -0.116. The lowest BCUT2D eigenvalue weighted by Crippen LogP contribution is -2.32. The zero-order valence-electron chi connectivity index (χ0n) is 14.2. The zero-order chi connectivity index (χ0) is 17.8. The van der Waals surface area contributed by atoms with E-state index in [0.717, 1.165) is 24.1 Å². The number of hydrogen-bond acceptors (Lipinski definition) is 5. The van der Waals surface area contributed by atoms with Crippen molar-refractivity contribution >= 4 is 23.4 Å². The molecule has 26 heavy (non-hydrogen) atoms. The predicted octanol–water partition coefficient (Wildman–Crippen LogP) is 3.33. The average Bonchev–Trinajstić information content (AvgIpc) is 3.43. The molecule has 0 aliphatic heterocycles. The summed E-state index contributed by atoms with van der Waals surface area (Å²) < 4.78 is 1.84. The first kappa shape index (κ1) is 16.8. The van der Waals surface area contributed by atoms with Gasteiger partial charge in [-0.15, -0.1) is 5.10 Å². The van der Waals surface area contributed by atoms with Crippen LogP contribution in [0.4, 0.5) is 5.69 Å². The molecule has 1 heterocycles. The topological polar surface area (TPSA) is 63.9 Å². The molecule has 0 atom stereocenters. The van der Waals surface area contributed by atoms with Crippen LogP contribution >= 0.6 is 11.8 Å². The normalized spacial score (nSPS) is 13.5. The third-order valence-corrected chi connectivity index (χ3v) is 5.15. The van der Waals surface area contributed by atoms with E-state index < -0.39 is 0 Å². The number of nitrogens with zero attached hydrogens (tertiary/aromatic N) is 5. The van der Waals surface area contributed by atoms with Gasteiger partial charge in [0.1, 0.15) is 0 Å². The quantitative estimate of drug-likeness (QED) is 0.601. The standard InChI is InChI=1S/C19H19N5OS/c25-18(14-26-19-20-21-22-24(19)17-11-12-17)23(16-9-5-2-6-10-16)13-15-7-3-1-4-8-15/h1-10,17H,11-14H2. The summed E-state index contributed by atoms with van der Waals surface area (Å²) in [5, 5.41) is 12.6. The number of anilines is 1. The van der Waals surface area contributed by atoms with Crippen molar-refractivity contribution in [1.82, 2.24) is 20.2 Å². The number of hydrogen-bond donors (Lipinski definition) is 0. The largest absolute Gasteiger partial charge is 0.307 e. The van der Waals surface area contributed by atoms with Gasteiger partial charge in [0, 0.05) is 5.69 Å². The van der Waals surface area contributed by atoms with Gasteiger partial charge in [-0.3, -0.25) is 4.79 Å². The van der Waals surface area contributed by atoms with E-state index in [2.05, 4.69) is 15.5 Å². The van der Waals surface area contributed by atoms with Gasteiger partial charge in [0.15, 0.2) is 0 Å². The van der Waals surface area contributed by atoms with E-state index >= 15 is 0 Å². The predicted molar refractivity (Wildman–Crippen MR) is 101 cm³/mol. The van der Waals surface area contributed by atoms with Gasteiger partial charge in [0.2, 0.25) is 11.1 Å². The van der Waals surface area contributed by atoms with Gasteiger partial charge < -0.3 is 4.90 Å². The minimum Gasteiger partial charge on any atom is -0.307 e. The summed E-state index contributed by atoms with van der Waals surface area (Å²) in [5.41, 5.74) is 1.99. The van der Waals surface area contributed by atoms with Crippen molar-refractivity contribution in [3.8, 4) is 0 Å². The molecule has 0 radical (unpaired) electrons. The van der Waals surface area contributed by atoms with E-state index in [9.17, 15) is 4.79 Å². The zero-order valence-corrected chi connectivity index (χ0v) is 15.0. The van der Waals surface area contributed by atoms with Crippen molar-refractivity contribution in [3.63, 3.8) is 0 Å². The summed E-state index contributed by atoms with van der Waals surface area (Å²) in [6.45, 7) is 0.539. The summed E-state index contributed by atoms with van der Waals surface area (Å²) in [6, 6.07) is 20.2. The van der Waals surface area contributed by atoms with Gasteiger partial charge in [0.25, 0.3) is 0 Å². The fraction of sp³-hybridized carbons (Fsp3) is 0.263. The van der Waals surface area contributed by atoms with Gasteiger partial charge >= 0.3 is 0 Å². The third-order valence-electron chi connectivity index (χ3n) is 4.23. The fourth-order valence-electron chi connectivity index (χ4n) is 2.73. The summed E-state index contributed by atoms with van der Waals surface area (Å²) in [5.74, 6) is 0.338. The molecule has 1 fully saturated rings. The molecule has 0 N–H and O–H groups in total. The minimum absolute atomic E-state index is 0.0374. The van der Waals surface area contributed by atoms with Crippen molar-refractivity contribution in [3.05, 3.63) is 66.2 Å². The molecule has 4 rings (SSSR count). The Kier molecular flexibility index (Phi) is 4.97. The Hall–Kier alpha value is -2.67. The molecule has 1 aliphatic carbocycles. The summed E-state index contributed by atoms with van der Waals surface area (Å²) in [7, 11) is 0. The number of carbonyl (C=O) groups is 1. The van der Waals surface area contributed by atoms with Crippen molar-refractivity contribution in [2.24, 2.45) is 0 Å². The van der Waals surface area contributed by atoms with Gasteiger partial charge in [-0.25, -0.2) is 4.68 Å². The Balaban J connectivity index is 1.49. The van der Waals surface area contributed by atoms with Crippen LogP contribution in [0.25, 0.3) is 0 Å². The molecule has 1 aromatic heterocycles. The Labute approximate surface area is 156 Å². The molecule has 1 amide bonds. The highest BCUT2D eigenvalue weighted by atomic mass is 32.2. The Morgan fingerprint density at radius 2 is 1.77 bits per heavy atom. The first-order valence-electron chi connectivity index (χ1n) is 8.61. The highest BCUT2D eigenvalue weighted by Crippen LogP contribution is 2.36. The molecule has 0 spiro atoms. The summed E-state index contributed by atoms with van der Waals surface area (Å²) >= 11 is 1.40. The van der Waals surface area contributed by atoms with Crippen LogP contribution in [0.1, 0.15) is 24.4 Å². The Morgan fingerprint density at radius 1 is 1.08 bits per heavy atom. The molecule has 1 aliphatic rings. The first-order valence-corrected chi connectivity index (χ1v) is 9.60. The van der Waals surface area contributed by atoms with Gasteiger partial charge in [-0.1, -0.05) is 60.3 Å². The lowest BCUT2D eigenvalue weighted by atomic mass is 10.2. The van der Waals surface area contributed by atoms with Crippen LogP contribution in [0, 0.1) is 0 Å². The van der Waals surface area contributed by atoms with Crippen LogP contribution in [0.15, 0.2) is 65.8 Å². The number of rotatable bonds is 7. The molecule has 1 saturated carbocycles. The number of aromatic nitrogens is 4. The number of thioether (sulfide) groups is 1. The van der Waals surface area contributed by atoms with Crippen LogP contribution in [-0.4, -0.2) is 31.9 Å². The fourth-order valence-corrected chi connectivity index (χ4v) is 3.55. The van der Waals surface area contributed by atoms with Crippen LogP contribution in [-0.2, 0) is 11.3 Å². The van der Waals surface area contributed by atoms with E-state index in [1.165, 1.54) is 11.8 Å². The van der Waals surface area contributed by atoms with E-state index in [-0.39, 0.29) is 5.91 Å². The monoisotopic (exact) mass is 365 g/mol. The molecule has 3 aromatic rings. The van der Waals surface area contributed by atoms with Crippen molar-refractivity contribution in [1.29, 1.82) is 0 Å². The molecule has 2 aromatic carbocycles. The minimum atomic E-state index is 0.0374. The maximum absolute atomic E-state index is 13.0. The van der Waals surface area contributed by atoms with E-state index in [1.807, 2.05) is 70.2 Å². The van der Waals surface area contributed by atoms with Crippen LogP contribution in [0.5, 0.6) is 0 Å². The molecule has 7 heteroatoms. The first-order chi connectivity index (χ1) is 12.8. The van der Waals surface area contributed by atoms with E-state index in [0.29, 0.717) is 23.5 Å². The second kappa shape index (κ2) is 7.70. The molecule has 0 unspecified atom stereocenters. The summed E-state index contributed by atoms with van der Waals surface area (Å²) in [4.78, 5) is 14.8. The highest BCUT2D eigenvalue weighted by Gasteiger charge is 2.28. The number of tetrazole rings is 1. The van der Waals surface area contributed by atoms with Crippen molar-refractivity contribution in [2.75, 3.05) is 10.7 Å². The van der Waals surface area contributed by atoms with Crippen LogP contribution in [0.2, 0.25) is 0 Å². The van der Waals surface area contributed by atoms with E-state index in [1.54, 1.807) is 0 Å². The maximum Gasteiger partial charge on any atom is 0.237 e. The van der Waals surface area contributed by atoms with Crippen LogP contribution in [0.3, 0.4) is 0 Å². The number of para-hydroxylation sites is 1. The molecule has 0 saturated heterocycles. The second-order valence-corrected chi connectivity index (χ2v) is 7.17. The van der Waals surface area contributed by atoms with E-state index in [4.69, 9.17) is 0 Å². The second-order valence-electron chi connectivity index (χ2n) is 6.23. The maximum atomic E-state index is 13.0. The number of benzene rings is 2. The van der Waals surface area contributed by atoms with Crippen LogP contribution < -0.4 is 4.90 Å². The molecule has 132 valence electrons. The SMILES string of the molecule is O=C(CSc1nnnn1C1CC1)N(Cc1ccccc1)c1ccccc1. The molecular weight excluding hydrogens is 346 g/mol. The molecule has 6 nitrogen and oxygen atoms in total. The Bertz CT molecular complexity index is 864. The number of amides is 1. The average molecular weight is 365 g/mol. The van der Waals surface area contributed by atoms with Crippen molar-refractivity contribution in [2.45, 2.75) is 30.6 Å². The smallest absolute Gasteiger partial charge is 0.237 e. The van der Waals surface area contributed by atoms with Gasteiger partial charge in [0.05, 0.1) is 18.3 Å². The molecular formula is C19H19N5OS. The molecule has 0 bridgehead atoms. The summed E-state index contributed by atoms with van der Waals surface area (Å²) in [6.07, 6.45) is 2.22. The van der Waals surface area contributed by atoms with Crippen molar-refractivity contribution < 1.29 is 4.79 Å².